The highest BCUT2D eigenvalue weighted by molar-refractivity contribution is 7.90. The van der Waals surface area contributed by atoms with Crippen molar-refractivity contribution in [2.24, 2.45) is 5.16 Å². The molecule has 0 spiro atoms. The number of sulfonamides is 1. The molecule has 0 aromatic heterocycles. The van der Waals surface area contributed by atoms with Crippen molar-refractivity contribution in [1.29, 1.82) is 0 Å². The Balaban J connectivity index is 1.75. The number of carbonyl (C=O) groups is 1. The van der Waals surface area contributed by atoms with E-state index in [1.54, 1.807) is 19.9 Å². The molecule has 0 heterocycles. The summed E-state index contributed by atoms with van der Waals surface area (Å²) in [5.74, 6) is -0.0966. The number of nitrogens with one attached hydrogen (secondary N) is 2. The molecule has 138 valence electrons. The molecule has 1 aliphatic carbocycles. The minimum atomic E-state index is -3.24. The average Bonchev–Trinajstić information content (AvgIpc) is 2.96. The van der Waals surface area contributed by atoms with E-state index in [9.17, 15) is 13.2 Å². The van der Waals surface area contributed by atoms with Gasteiger partial charge in [0.15, 0.2) is 0 Å². The smallest absolute Gasteiger partial charge is 0.224 e. The second-order valence-corrected chi connectivity index (χ2v) is 8.73. The Morgan fingerprint density at radius 1 is 1.28 bits per heavy atom. The normalized spacial score (nSPS) is 15.6. The summed E-state index contributed by atoms with van der Waals surface area (Å²) in [7, 11) is -3.24. The molecule has 3 N–H and O–H groups in total. The topological polar surface area (TPSA) is 108 Å². The summed E-state index contributed by atoms with van der Waals surface area (Å²) in [4.78, 5) is 12.0. The van der Waals surface area contributed by atoms with Crippen LogP contribution >= 0.6 is 0 Å². The summed E-state index contributed by atoms with van der Waals surface area (Å²) in [5, 5.41) is 14.6. The van der Waals surface area contributed by atoms with E-state index in [1.807, 2.05) is 12.1 Å². The van der Waals surface area contributed by atoms with E-state index in [2.05, 4.69) is 15.2 Å². The van der Waals surface area contributed by atoms with Crippen LogP contribution in [-0.2, 0) is 21.2 Å². The molecule has 1 aromatic carbocycles. The maximum atomic E-state index is 12.0. The van der Waals surface area contributed by atoms with Gasteiger partial charge in [0.1, 0.15) is 0 Å². The van der Waals surface area contributed by atoms with E-state index >= 15 is 0 Å². The number of carbonyl (C=O) groups excluding carboxylic acids is 1. The number of oxime groups is 1. The number of hydrogen-bond donors (Lipinski definition) is 3. The van der Waals surface area contributed by atoms with Crippen LogP contribution < -0.4 is 10.0 Å². The summed E-state index contributed by atoms with van der Waals surface area (Å²) in [6.45, 7) is 3.60. The predicted octanol–water partition coefficient (Wildman–Crippen LogP) is 2.25. The number of anilines is 1. The van der Waals surface area contributed by atoms with Crippen molar-refractivity contribution in [3.63, 3.8) is 0 Å². The second-order valence-electron chi connectivity index (χ2n) is 6.41. The Morgan fingerprint density at radius 3 is 2.72 bits per heavy atom. The highest BCUT2D eigenvalue weighted by Gasteiger charge is 2.18. The van der Waals surface area contributed by atoms with Gasteiger partial charge in [-0.1, -0.05) is 11.2 Å². The van der Waals surface area contributed by atoms with Crippen LogP contribution in [0.5, 0.6) is 0 Å². The van der Waals surface area contributed by atoms with Crippen LogP contribution in [0.15, 0.2) is 23.4 Å². The summed E-state index contributed by atoms with van der Waals surface area (Å²) in [6.07, 6.45) is 3.06. The first-order valence-electron chi connectivity index (χ1n) is 8.46. The van der Waals surface area contributed by atoms with Crippen molar-refractivity contribution < 1.29 is 18.4 Å². The molecule has 0 radical (unpaired) electrons. The Labute approximate surface area is 148 Å². The number of nitrogens with zero attached hydrogens (tertiary/aromatic N) is 1. The van der Waals surface area contributed by atoms with Crippen LogP contribution in [-0.4, -0.2) is 37.0 Å². The van der Waals surface area contributed by atoms with Crippen molar-refractivity contribution >= 4 is 27.3 Å². The van der Waals surface area contributed by atoms with Gasteiger partial charge in [0.05, 0.1) is 11.0 Å². The molecule has 0 bridgehead atoms. The van der Waals surface area contributed by atoms with Gasteiger partial charge in [-0.2, -0.15) is 0 Å². The second kappa shape index (κ2) is 8.44. The third-order valence-electron chi connectivity index (χ3n) is 4.21. The predicted molar refractivity (Wildman–Crippen MR) is 97.6 cm³/mol. The lowest BCUT2D eigenvalue weighted by atomic mass is 10.1. The molecule has 0 saturated heterocycles. The SMILES string of the molecule is CC(C)S(=O)(=O)NCCCCC(=O)Nc1ccc2c(c1)CCC2=NO. The monoisotopic (exact) mass is 367 g/mol. The summed E-state index contributed by atoms with van der Waals surface area (Å²) in [6, 6.07) is 5.56. The van der Waals surface area contributed by atoms with Crippen LogP contribution in [0.1, 0.15) is 50.7 Å². The van der Waals surface area contributed by atoms with Gasteiger partial charge in [-0.25, -0.2) is 13.1 Å². The molecule has 1 aliphatic rings. The highest BCUT2D eigenvalue weighted by atomic mass is 32.2. The quantitative estimate of drug-likeness (QED) is 0.372. The fraction of sp³-hybridized carbons (Fsp3) is 0.529. The molecule has 0 unspecified atom stereocenters. The van der Waals surface area contributed by atoms with Gasteiger partial charge in [0, 0.05) is 24.2 Å². The van der Waals surface area contributed by atoms with Crippen molar-refractivity contribution in [1.82, 2.24) is 4.72 Å². The van der Waals surface area contributed by atoms with E-state index in [-0.39, 0.29) is 5.91 Å². The lowest BCUT2D eigenvalue weighted by molar-refractivity contribution is -0.116. The highest BCUT2D eigenvalue weighted by Crippen LogP contribution is 2.25. The van der Waals surface area contributed by atoms with Crippen LogP contribution in [0.4, 0.5) is 5.69 Å². The Kier molecular flexibility index (Phi) is 6.55. The number of fused-ring (bicyclic) bond motifs is 1. The standard InChI is InChI=1S/C17H25N3O4S/c1-12(2)25(23,24)18-10-4-3-5-17(21)19-14-7-8-15-13(11-14)6-9-16(15)20-22/h7-8,11-12,18,22H,3-6,9-10H2,1-2H3,(H,19,21). The number of unbranched alkanes of at least 4 members (excludes halogenated alkanes) is 1. The molecule has 8 heteroatoms. The average molecular weight is 367 g/mol. The van der Waals surface area contributed by atoms with Gasteiger partial charge >= 0.3 is 0 Å². The van der Waals surface area contributed by atoms with E-state index < -0.39 is 15.3 Å². The van der Waals surface area contributed by atoms with E-state index in [4.69, 9.17) is 5.21 Å². The minimum Gasteiger partial charge on any atom is -0.411 e. The first-order valence-corrected chi connectivity index (χ1v) is 10.0. The Bertz CT molecular complexity index is 757. The van der Waals surface area contributed by atoms with Gasteiger partial charge in [-0.05, 0) is 57.2 Å². The zero-order chi connectivity index (χ0) is 18.4. The number of hydrogen-bond acceptors (Lipinski definition) is 5. The van der Waals surface area contributed by atoms with Crippen LogP contribution in [0.25, 0.3) is 0 Å². The maximum Gasteiger partial charge on any atom is 0.224 e. The number of benzene rings is 1. The van der Waals surface area contributed by atoms with Crippen molar-refractivity contribution in [2.45, 2.75) is 51.2 Å². The molecule has 0 atom stereocenters. The van der Waals surface area contributed by atoms with E-state index in [0.29, 0.717) is 37.9 Å². The fourth-order valence-corrected chi connectivity index (χ4v) is 3.43. The lowest BCUT2D eigenvalue weighted by Crippen LogP contribution is -2.31. The molecular formula is C17H25N3O4S. The fourth-order valence-electron chi connectivity index (χ4n) is 2.67. The van der Waals surface area contributed by atoms with Crippen LogP contribution in [0, 0.1) is 0 Å². The zero-order valence-corrected chi connectivity index (χ0v) is 15.4. The molecule has 0 aliphatic heterocycles. The molecule has 0 saturated carbocycles. The van der Waals surface area contributed by atoms with E-state index in [1.165, 1.54) is 0 Å². The third-order valence-corrected chi connectivity index (χ3v) is 6.05. The molecule has 0 fully saturated rings. The van der Waals surface area contributed by atoms with Crippen LogP contribution in [0.2, 0.25) is 0 Å². The van der Waals surface area contributed by atoms with Crippen molar-refractivity contribution in [3.8, 4) is 0 Å². The molecular weight excluding hydrogens is 342 g/mol. The Morgan fingerprint density at radius 2 is 2.04 bits per heavy atom. The Hall–Kier alpha value is -1.93. The van der Waals surface area contributed by atoms with Crippen LogP contribution in [0.3, 0.4) is 0 Å². The van der Waals surface area contributed by atoms with Gasteiger partial charge in [0.25, 0.3) is 0 Å². The molecule has 25 heavy (non-hydrogen) atoms. The number of rotatable bonds is 8. The van der Waals surface area contributed by atoms with E-state index in [0.717, 1.165) is 23.2 Å². The summed E-state index contributed by atoms with van der Waals surface area (Å²) in [5.41, 5.74) is 3.40. The number of aryl methyl sites for hydroxylation is 1. The lowest BCUT2D eigenvalue weighted by Gasteiger charge is -2.09. The van der Waals surface area contributed by atoms with Crippen molar-refractivity contribution in [2.75, 3.05) is 11.9 Å². The van der Waals surface area contributed by atoms with Crippen molar-refractivity contribution in [3.05, 3.63) is 29.3 Å². The van der Waals surface area contributed by atoms with Gasteiger partial charge in [-0.15, -0.1) is 0 Å². The molecule has 7 nitrogen and oxygen atoms in total. The first-order chi connectivity index (χ1) is 11.8. The number of amides is 1. The third kappa shape index (κ3) is 5.27. The van der Waals surface area contributed by atoms with Gasteiger partial charge < -0.3 is 10.5 Å². The summed E-state index contributed by atoms with van der Waals surface area (Å²) < 4.78 is 25.7. The minimum absolute atomic E-state index is 0.0966. The zero-order valence-electron chi connectivity index (χ0n) is 14.6. The molecule has 1 amide bonds. The molecule has 2 rings (SSSR count). The van der Waals surface area contributed by atoms with Gasteiger partial charge in [0.2, 0.25) is 15.9 Å². The first kappa shape index (κ1) is 19.4. The molecule has 1 aromatic rings. The summed E-state index contributed by atoms with van der Waals surface area (Å²) >= 11 is 0. The maximum absolute atomic E-state index is 12.0. The van der Waals surface area contributed by atoms with Gasteiger partial charge in [-0.3, -0.25) is 4.79 Å². The largest absolute Gasteiger partial charge is 0.411 e.